The summed E-state index contributed by atoms with van der Waals surface area (Å²) >= 11 is 0. The van der Waals surface area contributed by atoms with E-state index in [2.05, 4.69) is 0 Å². The fraction of sp³-hybridized carbons (Fsp3) is 0.174. The van der Waals surface area contributed by atoms with Gasteiger partial charge >= 0.3 is 0 Å². The third-order valence-corrected chi connectivity index (χ3v) is 6.14. The van der Waals surface area contributed by atoms with Crippen LogP contribution < -0.4 is 4.74 Å². The predicted molar refractivity (Wildman–Crippen MR) is 111 cm³/mol. The Kier molecular flexibility index (Phi) is 5.26. The number of hydrogen-bond donors (Lipinski definition) is 0. The van der Waals surface area contributed by atoms with Crippen LogP contribution in [0.3, 0.4) is 0 Å². The minimum atomic E-state index is -1.34. The summed E-state index contributed by atoms with van der Waals surface area (Å²) in [6.45, 7) is 2.48. The van der Waals surface area contributed by atoms with Crippen molar-refractivity contribution in [3.05, 3.63) is 89.5 Å². The molecule has 28 heavy (non-hydrogen) atoms. The quantitative estimate of drug-likeness (QED) is 0.634. The van der Waals surface area contributed by atoms with E-state index in [9.17, 15) is 4.21 Å². The van der Waals surface area contributed by atoms with Gasteiger partial charge in [-0.1, -0.05) is 48.0 Å². The fourth-order valence-electron chi connectivity index (χ4n) is 3.12. The molecular weight excluding hydrogens is 370 g/mol. The maximum Gasteiger partial charge on any atom is 0.218 e. The number of benzene rings is 3. The molecule has 1 aliphatic rings. The molecule has 0 fully saturated rings. The molecule has 4 nitrogen and oxygen atoms in total. The van der Waals surface area contributed by atoms with Crippen molar-refractivity contribution in [3.8, 4) is 5.75 Å². The molecule has 1 aliphatic heterocycles. The Hall–Kier alpha value is -2.92. The highest BCUT2D eigenvalue weighted by Gasteiger charge is 2.25. The Balaban J connectivity index is 1.74. The molecule has 1 heterocycles. The van der Waals surface area contributed by atoms with Crippen LogP contribution in [-0.4, -0.2) is 23.8 Å². The number of hydrogen-bond acceptors (Lipinski definition) is 4. The fourth-order valence-corrected chi connectivity index (χ4v) is 4.30. The van der Waals surface area contributed by atoms with E-state index in [1.165, 1.54) is 0 Å². The first-order valence-electron chi connectivity index (χ1n) is 9.08. The lowest BCUT2D eigenvalue weighted by molar-refractivity contribution is 0.319. The van der Waals surface area contributed by atoms with E-state index in [1.807, 2.05) is 79.7 Å². The molecule has 0 aromatic heterocycles. The molecule has 0 unspecified atom stereocenters. The molecule has 0 N–H and O–H groups in total. The number of methoxy groups -OCH3 is 1. The third kappa shape index (κ3) is 3.71. The molecule has 0 bridgehead atoms. The Morgan fingerprint density at radius 1 is 1.04 bits per heavy atom. The molecule has 142 valence electrons. The van der Waals surface area contributed by atoms with Gasteiger partial charge in [0.15, 0.2) is 0 Å². The van der Waals surface area contributed by atoms with Gasteiger partial charge in [-0.15, -0.1) is 0 Å². The Morgan fingerprint density at radius 3 is 2.50 bits per heavy atom. The molecule has 5 heteroatoms. The van der Waals surface area contributed by atoms with Gasteiger partial charge in [-0.05, 0) is 42.8 Å². The molecule has 3 aromatic rings. The van der Waals surface area contributed by atoms with E-state index in [0.717, 1.165) is 16.0 Å². The smallest absolute Gasteiger partial charge is 0.218 e. The lowest BCUT2D eigenvalue weighted by Crippen LogP contribution is -2.08. The average Bonchev–Trinajstić information content (AvgIpc) is 3.24. The second-order valence-electron chi connectivity index (χ2n) is 6.62. The summed E-state index contributed by atoms with van der Waals surface area (Å²) < 4.78 is 24.5. The standard InChI is InChI=1S/C23H21NO3S/c1-16-8-11-19(12-9-16)28(25)22-13-10-18(26-2)14-20(22)23-24-21(15-27-23)17-6-4-3-5-7-17/h3-14,21H,15H2,1-2H3/t21-,28-/m1/s1. The topological polar surface area (TPSA) is 47.9 Å². The summed E-state index contributed by atoms with van der Waals surface area (Å²) in [6.07, 6.45) is 0. The maximum absolute atomic E-state index is 13.2. The van der Waals surface area contributed by atoms with E-state index in [1.54, 1.807) is 7.11 Å². The summed E-state index contributed by atoms with van der Waals surface area (Å²) in [5.74, 6) is 1.18. The molecule has 0 saturated heterocycles. The van der Waals surface area contributed by atoms with Crippen LogP contribution in [0.4, 0.5) is 0 Å². The van der Waals surface area contributed by atoms with E-state index < -0.39 is 10.8 Å². The minimum absolute atomic E-state index is 0.0666. The lowest BCUT2D eigenvalue weighted by Gasteiger charge is -2.11. The highest BCUT2D eigenvalue weighted by atomic mass is 32.2. The van der Waals surface area contributed by atoms with Crippen LogP contribution in [0.5, 0.6) is 5.75 Å². The molecule has 4 rings (SSSR count). The van der Waals surface area contributed by atoms with Gasteiger partial charge in [-0.25, -0.2) is 9.20 Å². The lowest BCUT2D eigenvalue weighted by atomic mass is 10.1. The first kappa shape index (κ1) is 18.4. The zero-order valence-corrected chi connectivity index (χ0v) is 16.6. The van der Waals surface area contributed by atoms with Crippen LogP contribution in [0.25, 0.3) is 0 Å². The number of nitrogens with zero attached hydrogens (tertiary/aromatic N) is 1. The molecule has 0 aliphatic carbocycles. The molecule has 0 spiro atoms. The highest BCUT2D eigenvalue weighted by molar-refractivity contribution is 7.85. The van der Waals surface area contributed by atoms with Gasteiger partial charge in [0.1, 0.15) is 18.4 Å². The van der Waals surface area contributed by atoms with Gasteiger partial charge in [-0.2, -0.15) is 0 Å². The van der Waals surface area contributed by atoms with Crippen LogP contribution in [0.2, 0.25) is 0 Å². The van der Waals surface area contributed by atoms with Crippen molar-refractivity contribution >= 4 is 16.7 Å². The van der Waals surface area contributed by atoms with Crippen LogP contribution in [0, 0.1) is 6.92 Å². The second kappa shape index (κ2) is 7.98. The SMILES string of the molecule is COc1ccc([S@](=O)c2ccc(C)cc2)c(C2=N[C@@H](c3ccccc3)CO2)c1. The largest absolute Gasteiger partial charge is 0.497 e. The van der Waals surface area contributed by atoms with Crippen LogP contribution >= 0.6 is 0 Å². The summed E-state index contributed by atoms with van der Waals surface area (Å²) in [5, 5.41) is 0. The van der Waals surface area contributed by atoms with Crippen molar-refractivity contribution in [1.29, 1.82) is 0 Å². The summed E-state index contributed by atoms with van der Waals surface area (Å²) in [6, 6.07) is 23.2. The van der Waals surface area contributed by atoms with Gasteiger partial charge in [0, 0.05) is 4.90 Å². The van der Waals surface area contributed by atoms with Gasteiger partial charge in [0.05, 0.1) is 28.4 Å². The average molecular weight is 391 g/mol. The maximum atomic E-state index is 13.2. The third-order valence-electron chi connectivity index (χ3n) is 4.69. The van der Waals surface area contributed by atoms with Crippen LogP contribution in [0.1, 0.15) is 22.7 Å². The first-order chi connectivity index (χ1) is 13.7. The Labute approximate surface area is 167 Å². The van der Waals surface area contributed by atoms with Gasteiger partial charge in [-0.3, -0.25) is 0 Å². The van der Waals surface area contributed by atoms with Crippen molar-refractivity contribution in [3.63, 3.8) is 0 Å². The molecule has 0 amide bonds. The first-order valence-corrected chi connectivity index (χ1v) is 10.2. The zero-order chi connectivity index (χ0) is 19.5. The van der Waals surface area contributed by atoms with Crippen molar-refractivity contribution in [1.82, 2.24) is 0 Å². The van der Waals surface area contributed by atoms with E-state index >= 15 is 0 Å². The number of aliphatic imine (C=N–C) groups is 1. The van der Waals surface area contributed by atoms with E-state index in [0.29, 0.717) is 28.7 Å². The monoisotopic (exact) mass is 391 g/mol. The number of aryl methyl sites for hydroxylation is 1. The van der Waals surface area contributed by atoms with Crippen LogP contribution in [-0.2, 0) is 15.5 Å². The molecule has 0 radical (unpaired) electrons. The normalized spacial score (nSPS) is 16.9. The van der Waals surface area contributed by atoms with Crippen LogP contribution in [0.15, 0.2) is 87.6 Å². The molecular formula is C23H21NO3S. The number of ether oxygens (including phenoxy) is 2. The van der Waals surface area contributed by atoms with Crippen molar-refractivity contribution in [2.75, 3.05) is 13.7 Å². The highest BCUT2D eigenvalue weighted by Crippen LogP contribution is 2.30. The van der Waals surface area contributed by atoms with Gasteiger partial charge < -0.3 is 9.47 Å². The molecule has 0 saturated carbocycles. The van der Waals surface area contributed by atoms with Crippen molar-refractivity contribution in [2.24, 2.45) is 4.99 Å². The molecule has 2 atom stereocenters. The zero-order valence-electron chi connectivity index (χ0n) is 15.8. The van der Waals surface area contributed by atoms with Crippen molar-refractivity contribution in [2.45, 2.75) is 22.8 Å². The summed E-state index contributed by atoms with van der Waals surface area (Å²) in [7, 11) is 0.266. The minimum Gasteiger partial charge on any atom is -0.497 e. The van der Waals surface area contributed by atoms with Gasteiger partial charge in [0.2, 0.25) is 5.90 Å². The Morgan fingerprint density at radius 2 is 1.79 bits per heavy atom. The van der Waals surface area contributed by atoms with E-state index in [-0.39, 0.29) is 6.04 Å². The summed E-state index contributed by atoms with van der Waals surface area (Å²) in [5.41, 5.74) is 2.93. The Bertz CT molecular complexity index is 1030. The van der Waals surface area contributed by atoms with E-state index in [4.69, 9.17) is 14.5 Å². The summed E-state index contributed by atoms with van der Waals surface area (Å²) in [4.78, 5) is 6.17. The van der Waals surface area contributed by atoms with Gasteiger partial charge in [0.25, 0.3) is 0 Å². The van der Waals surface area contributed by atoms with Crippen molar-refractivity contribution < 1.29 is 13.7 Å². The number of rotatable bonds is 5. The predicted octanol–water partition coefficient (Wildman–Crippen LogP) is 4.69. The second-order valence-corrected chi connectivity index (χ2v) is 8.06. The molecule has 3 aromatic carbocycles.